The Hall–Kier alpha value is -1.82. The third-order valence-electron chi connectivity index (χ3n) is 4.45. The predicted molar refractivity (Wildman–Crippen MR) is 97.3 cm³/mol. The van der Waals surface area contributed by atoms with Crippen molar-refractivity contribution in [2.45, 2.75) is 25.5 Å². The second-order valence-corrected chi connectivity index (χ2v) is 6.48. The van der Waals surface area contributed by atoms with Crippen LogP contribution in [-0.4, -0.2) is 18.6 Å². The number of ether oxygens (including phenoxy) is 1. The number of amides is 1. The summed E-state index contributed by atoms with van der Waals surface area (Å²) in [5.41, 5.74) is 2.71. The van der Waals surface area contributed by atoms with Gasteiger partial charge in [0.25, 0.3) is 5.91 Å². The van der Waals surface area contributed by atoms with E-state index in [1.807, 2.05) is 6.07 Å². The van der Waals surface area contributed by atoms with Crippen LogP contribution in [0.3, 0.4) is 0 Å². The third kappa shape index (κ3) is 3.45. The van der Waals surface area contributed by atoms with Crippen molar-refractivity contribution in [2.75, 3.05) is 11.9 Å². The number of carbonyl (C=O) groups is 1. The molecule has 0 bridgehead atoms. The molecule has 1 amide bonds. The fourth-order valence-electron chi connectivity index (χ4n) is 3.21. The molecule has 4 rings (SSSR count). The molecule has 25 heavy (non-hydrogen) atoms. The minimum Gasteiger partial charge on any atom is -0.480 e. The summed E-state index contributed by atoms with van der Waals surface area (Å²) in [6.45, 7) is 1.39. The van der Waals surface area contributed by atoms with Crippen molar-refractivity contribution < 1.29 is 13.9 Å². The Labute approximate surface area is 156 Å². The van der Waals surface area contributed by atoms with Gasteiger partial charge in [0.2, 0.25) is 0 Å². The van der Waals surface area contributed by atoms with E-state index < -0.39 is 6.10 Å². The summed E-state index contributed by atoms with van der Waals surface area (Å²) in [6.07, 6.45) is 0.378. The van der Waals surface area contributed by atoms with Gasteiger partial charge in [0.15, 0.2) is 6.10 Å². The second kappa shape index (κ2) is 7.20. The Morgan fingerprint density at radius 2 is 2.12 bits per heavy atom. The van der Waals surface area contributed by atoms with Gasteiger partial charge in [-0.05, 0) is 53.9 Å². The van der Waals surface area contributed by atoms with Crippen molar-refractivity contribution in [2.24, 2.45) is 0 Å². The van der Waals surface area contributed by atoms with Gasteiger partial charge >= 0.3 is 0 Å². The van der Waals surface area contributed by atoms with Crippen molar-refractivity contribution in [1.82, 2.24) is 5.32 Å². The summed E-state index contributed by atoms with van der Waals surface area (Å²) in [4.78, 5) is 12.4. The number of halogens is 3. The Bertz CT molecular complexity index is 829. The van der Waals surface area contributed by atoms with Crippen LogP contribution < -0.4 is 15.4 Å². The number of hydrogen-bond acceptors (Lipinski definition) is 3. The standard InChI is InChI=1S/C18H16ClFN2O2.ClH/c19-12-2-4-15-11(7-12)8-16(24-15)18(23)22-14-3-1-10-9-21-6-5-13(10)17(14)20;/h1-4,7,16,21H,5-6,8-9H2,(H,22,23);1H. The lowest BCUT2D eigenvalue weighted by atomic mass is 9.99. The van der Waals surface area contributed by atoms with E-state index in [-0.39, 0.29) is 29.8 Å². The van der Waals surface area contributed by atoms with Gasteiger partial charge in [-0.3, -0.25) is 4.79 Å². The molecule has 2 aromatic rings. The highest BCUT2D eigenvalue weighted by molar-refractivity contribution is 6.30. The van der Waals surface area contributed by atoms with Crippen LogP contribution in [-0.2, 0) is 24.2 Å². The maximum absolute atomic E-state index is 14.6. The minimum atomic E-state index is -0.671. The molecule has 2 aliphatic rings. The number of benzene rings is 2. The van der Waals surface area contributed by atoms with E-state index in [1.165, 1.54) is 0 Å². The molecule has 2 aliphatic heterocycles. The summed E-state index contributed by atoms with van der Waals surface area (Å²) in [7, 11) is 0. The van der Waals surface area contributed by atoms with E-state index >= 15 is 0 Å². The molecule has 2 heterocycles. The van der Waals surface area contributed by atoms with Crippen molar-refractivity contribution in [3.8, 4) is 5.75 Å². The molecule has 4 nitrogen and oxygen atoms in total. The molecule has 0 radical (unpaired) electrons. The number of carbonyl (C=O) groups excluding carboxylic acids is 1. The number of nitrogens with one attached hydrogen (secondary N) is 2. The van der Waals surface area contributed by atoms with Crippen molar-refractivity contribution >= 4 is 35.6 Å². The Kier molecular flexibility index (Phi) is 5.18. The molecule has 132 valence electrons. The first-order valence-electron chi connectivity index (χ1n) is 7.89. The van der Waals surface area contributed by atoms with Gasteiger partial charge in [-0.15, -0.1) is 12.4 Å². The third-order valence-corrected chi connectivity index (χ3v) is 4.69. The summed E-state index contributed by atoms with van der Waals surface area (Å²) in [6, 6.07) is 8.72. The monoisotopic (exact) mass is 382 g/mol. The van der Waals surface area contributed by atoms with Gasteiger partial charge in [0.05, 0.1) is 5.69 Å². The Morgan fingerprint density at radius 1 is 1.28 bits per heavy atom. The molecule has 0 fully saturated rings. The van der Waals surface area contributed by atoms with Crippen LogP contribution in [0.1, 0.15) is 16.7 Å². The molecule has 1 unspecified atom stereocenters. The molecule has 0 spiro atoms. The molecule has 0 saturated carbocycles. The molecule has 7 heteroatoms. The second-order valence-electron chi connectivity index (χ2n) is 6.04. The lowest BCUT2D eigenvalue weighted by molar-refractivity contribution is -0.122. The number of hydrogen-bond donors (Lipinski definition) is 2. The van der Waals surface area contributed by atoms with Gasteiger partial charge in [-0.1, -0.05) is 17.7 Å². The largest absolute Gasteiger partial charge is 0.480 e. The average Bonchev–Trinajstić information content (AvgIpc) is 3.01. The molecular weight excluding hydrogens is 366 g/mol. The zero-order chi connectivity index (χ0) is 16.7. The molecule has 1 atom stereocenters. The first-order valence-corrected chi connectivity index (χ1v) is 8.26. The van der Waals surface area contributed by atoms with Crippen LogP contribution in [0, 0.1) is 5.82 Å². The Balaban J connectivity index is 0.00000182. The van der Waals surface area contributed by atoms with Crippen LogP contribution in [0.4, 0.5) is 10.1 Å². The van der Waals surface area contributed by atoms with Gasteiger partial charge < -0.3 is 15.4 Å². The van der Waals surface area contributed by atoms with Gasteiger partial charge in [0.1, 0.15) is 11.6 Å². The molecule has 0 aliphatic carbocycles. The van der Waals surface area contributed by atoms with Crippen LogP contribution >= 0.6 is 24.0 Å². The predicted octanol–water partition coefficient (Wildman–Crippen LogP) is 3.49. The first-order chi connectivity index (χ1) is 11.6. The highest BCUT2D eigenvalue weighted by Crippen LogP contribution is 2.32. The van der Waals surface area contributed by atoms with Gasteiger partial charge in [-0.2, -0.15) is 0 Å². The summed E-state index contributed by atoms with van der Waals surface area (Å²) in [5, 5.41) is 6.47. The van der Waals surface area contributed by atoms with Crippen molar-refractivity contribution in [3.05, 3.63) is 57.9 Å². The molecule has 0 aromatic heterocycles. The van der Waals surface area contributed by atoms with Crippen molar-refractivity contribution in [3.63, 3.8) is 0 Å². The summed E-state index contributed by atoms with van der Waals surface area (Å²) >= 11 is 5.96. The first kappa shape index (κ1) is 18.0. The molecule has 0 saturated heterocycles. The lowest BCUT2D eigenvalue weighted by Gasteiger charge is -2.20. The van der Waals surface area contributed by atoms with Gasteiger partial charge in [0, 0.05) is 18.0 Å². The number of anilines is 1. The highest BCUT2D eigenvalue weighted by Gasteiger charge is 2.30. The average molecular weight is 383 g/mol. The van der Waals surface area contributed by atoms with E-state index in [0.29, 0.717) is 35.7 Å². The lowest BCUT2D eigenvalue weighted by Crippen LogP contribution is -2.32. The molecule has 2 aromatic carbocycles. The zero-order valence-electron chi connectivity index (χ0n) is 13.3. The fourth-order valence-corrected chi connectivity index (χ4v) is 3.40. The summed E-state index contributed by atoms with van der Waals surface area (Å²) < 4.78 is 20.3. The Morgan fingerprint density at radius 3 is 2.96 bits per heavy atom. The van der Waals surface area contributed by atoms with E-state index in [2.05, 4.69) is 10.6 Å². The van der Waals surface area contributed by atoms with Crippen LogP contribution in [0.15, 0.2) is 30.3 Å². The van der Waals surface area contributed by atoms with E-state index in [4.69, 9.17) is 16.3 Å². The number of rotatable bonds is 2. The summed E-state index contributed by atoms with van der Waals surface area (Å²) in [5.74, 6) is -0.0486. The quantitative estimate of drug-likeness (QED) is 0.835. The molecular formula is C18H17Cl2FN2O2. The SMILES string of the molecule is Cl.O=C(Nc1ccc2c(c1F)CCNC2)C1Cc2cc(Cl)ccc2O1. The molecule has 2 N–H and O–H groups in total. The van der Waals surface area contributed by atoms with Gasteiger partial charge in [-0.25, -0.2) is 4.39 Å². The normalized spacial score (nSPS) is 17.8. The highest BCUT2D eigenvalue weighted by atomic mass is 35.5. The van der Waals surface area contributed by atoms with E-state index in [1.54, 1.807) is 24.3 Å². The fraction of sp³-hybridized carbons (Fsp3) is 0.278. The van der Waals surface area contributed by atoms with E-state index in [9.17, 15) is 9.18 Å². The van der Waals surface area contributed by atoms with Crippen LogP contribution in [0.25, 0.3) is 0 Å². The van der Waals surface area contributed by atoms with E-state index in [0.717, 1.165) is 17.7 Å². The zero-order valence-corrected chi connectivity index (χ0v) is 14.8. The van der Waals surface area contributed by atoms with Crippen molar-refractivity contribution in [1.29, 1.82) is 0 Å². The topological polar surface area (TPSA) is 50.4 Å². The van der Waals surface area contributed by atoms with Crippen LogP contribution in [0.2, 0.25) is 5.02 Å². The maximum Gasteiger partial charge on any atom is 0.265 e. The minimum absolute atomic E-state index is 0. The number of fused-ring (bicyclic) bond motifs is 2. The smallest absolute Gasteiger partial charge is 0.265 e. The maximum atomic E-state index is 14.6. The van der Waals surface area contributed by atoms with Crippen LogP contribution in [0.5, 0.6) is 5.75 Å².